The number of ether oxygens (including phenoxy) is 1. The van der Waals surface area contributed by atoms with Crippen molar-refractivity contribution in [3.63, 3.8) is 0 Å². The molecule has 1 fully saturated rings. The van der Waals surface area contributed by atoms with Gasteiger partial charge >= 0.3 is 6.18 Å². The molecule has 0 atom stereocenters. The number of aromatic nitrogens is 3. The molecule has 6 nitrogen and oxygen atoms in total. The highest BCUT2D eigenvalue weighted by Gasteiger charge is 2.34. The number of fused-ring (bicyclic) bond motifs is 1. The van der Waals surface area contributed by atoms with Crippen LogP contribution in [-0.2, 0) is 18.0 Å². The second-order valence-electron chi connectivity index (χ2n) is 6.51. The molecule has 0 aliphatic carbocycles. The van der Waals surface area contributed by atoms with Gasteiger partial charge in [0.15, 0.2) is 5.65 Å². The second-order valence-corrected chi connectivity index (χ2v) is 6.51. The minimum atomic E-state index is -4.53. The van der Waals surface area contributed by atoms with E-state index in [-0.39, 0.29) is 22.7 Å². The zero-order chi connectivity index (χ0) is 19.9. The fourth-order valence-electron chi connectivity index (χ4n) is 3.32. The predicted molar refractivity (Wildman–Crippen MR) is 95.7 cm³/mol. The lowest BCUT2D eigenvalue weighted by molar-refractivity contribution is -0.137. The molecule has 0 bridgehead atoms. The van der Waals surface area contributed by atoms with Crippen LogP contribution in [0.1, 0.15) is 15.9 Å². The van der Waals surface area contributed by atoms with Crippen LogP contribution in [0, 0.1) is 0 Å². The number of hydrogen-bond donors (Lipinski definition) is 0. The summed E-state index contributed by atoms with van der Waals surface area (Å²) in [5, 5.41) is 4.63. The van der Waals surface area contributed by atoms with E-state index in [0.717, 1.165) is 6.07 Å². The molecule has 1 aliphatic rings. The van der Waals surface area contributed by atoms with Crippen molar-refractivity contribution >= 4 is 16.9 Å². The Labute approximate surface area is 158 Å². The van der Waals surface area contributed by atoms with Crippen LogP contribution in [0.4, 0.5) is 13.2 Å². The van der Waals surface area contributed by atoms with Crippen molar-refractivity contribution in [2.24, 2.45) is 7.05 Å². The first-order valence-corrected chi connectivity index (χ1v) is 8.72. The summed E-state index contributed by atoms with van der Waals surface area (Å²) in [5.41, 5.74) is -0.151. The third-order valence-electron chi connectivity index (χ3n) is 4.74. The number of hydrogen-bond acceptors (Lipinski definition) is 4. The van der Waals surface area contributed by atoms with Crippen LogP contribution in [0.5, 0.6) is 0 Å². The van der Waals surface area contributed by atoms with Crippen molar-refractivity contribution in [2.75, 3.05) is 26.3 Å². The number of pyridine rings is 1. The Balaban J connectivity index is 1.90. The molecule has 28 heavy (non-hydrogen) atoms. The molecule has 1 amide bonds. The van der Waals surface area contributed by atoms with E-state index < -0.39 is 11.7 Å². The van der Waals surface area contributed by atoms with Gasteiger partial charge in [-0.1, -0.05) is 18.2 Å². The van der Waals surface area contributed by atoms with Crippen molar-refractivity contribution < 1.29 is 22.7 Å². The Bertz CT molecular complexity index is 1040. The summed E-state index contributed by atoms with van der Waals surface area (Å²) in [6.07, 6.45) is -3.02. The molecule has 3 heterocycles. The van der Waals surface area contributed by atoms with E-state index in [1.54, 1.807) is 11.9 Å². The van der Waals surface area contributed by atoms with E-state index in [0.29, 0.717) is 37.3 Å². The number of benzene rings is 1. The predicted octanol–water partition coefficient (Wildman–Crippen LogP) is 3.13. The van der Waals surface area contributed by atoms with Crippen molar-refractivity contribution in [2.45, 2.75) is 6.18 Å². The molecular formula is C19H17F3N4O2. The quantitative estimate of drug-likeness (QED) is 0.675. The van der Waals surface area contributed by atoms with E-state index in [9.17, 15) is 18.0 Å². The summed E-state index contributed by atoms with van der Waals surface area (Å²) in [7, 11) is 1.64. The van der Waals surface area contributed by atoms with Gasteiger partial charge in [0.25, 0.3) is 5.91 Å². The van der Waals surface area contributed by atoms with E-state index in [2.05, 4.69) is 10.1 Å². The van der Waals surface area contributed by atoms with Crippen LogP contribution >= 0.6 is 0 Å². The molecule has 3 aromatic rings. The zero-order valence-corrected chi connectivity index (χ0v) is 15.0. The second kappa shape index (κ2) is 6.90. The summed E-state index contributed by atoms with van der Waals surface area (Å²) >= 11 is 0. The summed E-state index contributed by atoms with van der Waals surface area (Å²) in [5.74, 6) is -0.269. The molecule has 0 radical (unpaired) electrons. The molecule has 0 spiro atoms. The van der Waals surface area contributed by atoms with Crippen LogP contribution in [0.2, 0.25) is 0 Å². The standard InChI is InChI=1S/C19H17F3N4O2/c1-25-17-14(11-23-25)13(18(27)26-6-8-28-9-7-26)10-16(24-17)12-4-2-3-5-15(12)19(20,21)22/h2-5,10-11H,6-9H2,1H3. The Morgan fingerprint density at radius 3 is 2.61 bits per heavy atom. The number of halogens is 3. The molecule has 1 aromatic carbocycles. The third kappa shape index (κ3) is 3.22. The average molecular weight is 390 g/mol. The number of aryl methyl sites for hydroxylation is 1. The molecule has 0 N–H and O–H groups in total. The number of rotatable bonds is 2. The maximum absolute atomic E-state index is 13.5. The molecule has 1 aliphatic heterocycles. The van der Waals surface area contributed by atoms with Gasteiger partial charge < -0.3 is 9.64 Å². The van der Waals surface area contributed by atoms with Gasteiger partial charge in [0, 0.05) is 25.7 Å². The van der Waals surface area contributed by atoms with Gasteiger partial charge in [-0.05, 0) is 12.1 Å². The Hall–Kier alpha value is -2.94. The minimum absolute atomic E-state index is 0.0749. The minimum Gasteiger partial charge on any atom is -0.378 e. The largest absolute Gasteiger partial charge is 0.417 e. The molecular weight excluding hydrogens is 373 g/mol. The molecule has 9 heteroatoms. The highest BCUT2D eigenvalue weighted by Crippen LogP contribution is 2.37. The average Bonchev–Trinajstić information content (AvgIpc) is 3.08. The van der Waals surface area contributed by atoms with Crippen LogP contribution in [-0.4, -0.2) is 51.9 Å². The Morgan fingerprint density at radius 1 is 1.18 bits per heavy atom. The lowest BCUT2D eigenvalue weighted by Gasteiger charge is -2.27. The van der Waals surface area contributed by atoms with Crippen molar-refractivity contribution in [1.29, 1.82) is 0 Å². The number of carbonyl (C=O) groups excluding carboxylic acids is 1. The number of morpholine rings is 1. The van der Waals surface area contributed by atoms with E-state index >= 15 is 0 Å². The molecule has 4 rings (SSSR count). The highest BCUT2D eigenvalue weighted by atomic mass is 19.4. The van der Waals surface area contributed by atoms with Crippen LogP contribution in [0.3, 0.4) is 0 Å². The van der Waals surface area contributed by atoms with Gasteiger partial charge in [-0.25, -0.2) is 4.98 Å². The highest BCUT2D eigenvalue weighted by molar-refractivity contribution is 6.06. The summed E-state index contributed by atoms with van der Waals surface area (Å²) in [6, 6.07) is 6.63. The maximum Gasteiger partial charge on any atom is 0.417 e. The number of carbonyl (C=O) groups is 1. The topological polar surface area (TPSA) is 60.2 Å². The summed E-state index contributed by atoms with van der Waals surface area (Å²) in [6.45, 7) is 1.71. The van der Waals surface area contributed by atoms with Crippen LogP contribution in [0.15, 0.2) is 36.5 Å². The fourth-order valence-corrected chi connectivity index (χ4v) is 3.32. The SMILES string of the molecule is Cn1ncc2c(C(=O)N3CCOCC3)cc(-c3ccccc3C(F)(F)F)nc21. The van der Waals surface area contributed by atoms with Crippen LogP contribution in [0.25, 0.3) is 22.3 Å². The lowest BCUT2D eigenvalue weighted by Crippen LogP contribution is -2.40. The van der Waals surface area contributed by atoms with Gasteiger partial charge in [0.1, 0.15) is 0 Å². The van der Waals surface area contributed by atoms with Gasteiger partial charge in [-0.2, -0.15) is 18.3 Å². The van der Waals surface area contributed by atoms with Crippen molar-refractivity contribution in [1.82, 2.24) is 19.7 Å². The molecule has 0 unspecified atom stereocenters. The lowest BCUT2D eigenvalue weighted by atomic mass is 10.0. The molecule has 1 saturated heterocycles. The van der Waals surface area contributed by atoms with E-state index in [4.69, 9.17) is 4.74 Å². The van der Waals surface area contributed by atoms with Gasteiger partial charge in [0.2, 0.25) is 0 Å². The van der Waals surface area contributed by atoms with Gasteiger partial charge in [0.05, 0.1) is 41.6 Å². The van der Waals surface area contributed by atoms with Gasteiger partial charge in [-0.15, -0.1) is 0 Å². The first-order valence-electron chi connectivity index (χ1n) is 8.72. The smallest absolute Gasteiger partial charge is 0.378 e. The van der Waals surface area contributed by atoms with Gasteiger partial charge in [-0.3, -0.25) is 9.48 Å². The number of nitrogens with zero attached hydrogens (tertiary/aromatic N) is 4. The normalized spacial score (nSPS) is 15.2. The maximum atomic E-state index is 13.5. The van der Waals surface area contributed by atoms with E-state index in [1.165, 1.54) is 35.1 Å². The van der Waals surface area contributed by atoms with Crippen molar-refractivity contribution in [3.8, 4) is 11.3 Å². The number of alkyl halides is 3. The Kier molecular flexibility index (Phi) is 4.54. The zero-order valence-electron chi connectivity index (χ0n) is 15.0. The monoisotopic (exact) mass is 390 g/mol. The molecule has 2 aromatic heterocycles. The first kappa shape index (κ1) is 18.4. The third-order valence-corrected chi connectivity index (χ3v) is 4.74. The van der Waals surface area contributed by atoms with Crippen LogP contribution < -0.4 is 0 Å². The molecule has 0 saturated carbocycles. The summed E-state index contributed by atoms with van der Waals surface area (Å²) in [4.78, 5) is 19.1. The van der Waals surface area contributed by atoms with Crippen molar-refractivity contribution in [3.05, 3.63) is 47.7 Å². The van der Waals surface area contributed by atoms with E-state index in [1.807, 2.05) is 0 Å². The first-order chi connectivity index (χ1) is 13.4. The Morgan fingerprint density at radius 2 is 1.89 bits per heavy atom. The fraction of sp³-hybridized carbons (Fsp3) is 0.316. The summed E-state index contributed by atoms with van der Waals surface area (Å²) < 4.78 is 47.2. The number of amides is 1. The molecule has 146 valence electrons.